The van der Waals surface area contributed by atoms with Gasteiger partial charge in [-0.3, -0.25) is 19.7 Å². The molecular formula is C19H15F3N4O5. The van der Waals surface area contributed by atoms with Crippen molar-refractivity contribution in [1.82, 2.24) is 9.55 Å². The first-order valence-electron chi connectivity index (χ1n) is 8.83. The maximum Gasteiger partial charge on any atom is 0.449 e. The van der Waals surface area contributed by atoms with Crippen LogP contribution < -0.4 is 5.32 Å². The number of aromatic nitrogens is 2. The number of alkyl halides is 3. The highest BCUT2D eigenvalue weighted by Gasteiger charge is 2.38. The molecular weight excluding hydrogens is 421 g/mol. The summed E-state index contributed by atoms with van der Waals surface area (Å²) in [5.74, 6) is -3.08. The SMILES string of the molecule is CC(OC(=O)Cn1c(C(F)(F)F)nc2ccccc21)C(=O)Nc1ccc([N+](=O)[O-])cc1. The topological polar surface area (TPSA) is 116 Å². The molecule has 0 aliphatic rings. The third kappa shape index (κ3) is 4.97. The highest BCUT2D eigenvalue weighted by molar-refractivity contribution is 5.95. The molecule has 0 aliphatic carbocycles. The number of fused-ring (bicyclic) bond motifs is 1. The number of anilines is 1. The van der Waals surface area contributed by atoms with Crippen LogP contribution in [0.3, 0.4) is 0 Å². The van der Waals surface area contributed by atoms with Crippen molar-refractivity contribution in [2.45, 2.75) is 25.7 Å². The van der Waals surface area contributed by atoms with Crippen LogP contribution in [0.2, 0.25) is 0 Å². The van der Waals surface area contributed by atoms with Crippen molar-refractivity contribution in [2.24, 2.45) is 0 Å². The van der Waals surface area contributed by atoms with Gasteiger partial charge in [-0.2, -0.15) is 13.2 Å². The Morgan fingerprint density at radius 1 is 1.19 bits per heavy atom. The molecule has 1 amide bonds. The molecule has 1 heterocycles. The average molecular weight is 436 g/mol. The van der Waals surface area contributed by atoms with Crippen molar-refractivity contribution in [3.8, 4) is 0 Å². The van der Waals surface area contributed by atoms with Crippen molar-refractivity contribution in [1.29, 1.82) is 0 Å². The number of carbonyl (C=O) groups is 2. The summed E-state index contributed by atoms with van der Waals surface area (Å²) in [4.78, 5) is 38.0. The van der Waals surface area contributed by atoms with E-state index in [2.05, 4.69) is 10.3 Å². The number of ether oxygens (including phenoxy) is 1. The molecule has 1 unspecified atom stereocenters. The van der Waals surface area contributed by atoms with E-state index in [9.17, 15) is 32.9 Å². The molecule has 0 aliphatic heterocycles. The van der Waals surface area contributed by atoms with Crippen molar-refractivity contribution < 1.29 is 32.4 Å². The number of nitro benzene ring substituents is 1. The highest BCUT2D eigenvalue weighted by atomic mass is 19.4. The van der Waals surface area contributed by atoms with Gasteiger partial charge in [0.2, 0.25) is 5.82 Å². The summed E-state index contributed by atoms with van der Waals surface area (Å²) in [6.45, 7) is 0.444. The molecule has 1 aromatic heterocycles. The number of hydrogen-bond acceptors (Lipinski definition) is 6. The standard InChI is InChI=1S/C19H15F3N4O5/c1-11(17(28)23-12-6-8-13(9-7-12)26(29)30)31-16(27)10-25-15-5-3-2-4-14(15)24-18(25)19(20,21)22/h2-9,11H,10H2,1H3,(H,23,28). The fourth-order valence-electron chi connectivity index (χ4n) is 2.78. The molecule has 0 radical (unpaired) electrons. The van der Waals surface area contributed by atoms with Gasteiger partial charge in [-0.25, -0.2) is 4.98 Å². The van der Waals surface area contributed by atoms with Crippen LogP contribution in [-0.2, 0) is 27.0 Å². The summed E-state index contributed by atoms with van der Waals surface area (Å²) >= 11 is 0. The van der Waals surface area contributed by atoms with Crippen molar-refractivity contribution in [2.75, 3.05) is 5.32 Å². The predicted molar refractivity (Wildman–Crippen MR) is 102 cm³/mol. The second-order valence-electron chi connectivity index (χ2n) is 6.43. The van der Waals surface area contributed by atoms with E-state index in [1.807, 2.05) is 0 Å². The van der Waals surface area contributed by atoms with Gasteiger partial charge in [-0.05, 0) is 31.2 Å². The quantitative estimate of drug-likeness (QED) is 0.359. The lowest BCUT2D eigenvalue weighted by molar-refractivity contribution is -0.384. The number of hydrogen-bond donors (Lipinski definition) is 1. The lowest BCUT2D eigenvalue weighted by atomic mass is 10.2. The van der Waals surface area contributed by atoms with Gasteiger partial charge >= 0.3 is 12.1 Å². The number of rotatable bonds is 6. The number of nitrogens with zero attached hydrogens (tertiary/aromatic N) is 3. The fourth-order valence-corrected chi connectivity index (χ4v) is 2.78. The van der Waals surface area contributed by atoms with E-state index in [0.717, 1.165) is 0 Å². The molecule has 2 aromatic carbocycles. The minimum atomic E-state index is -4.79. The second-order valence-corrected chi connectivity index (χ2v) is 6.43. The Morgan fingerprint density at radius 2 is 1.84 bits per heavy atom. The Morgan fingerprint density at radius 3 is 2.45 bits per heavy atom. The van der Waals surface area contributed by atoms with E-state index in [0.29, 0.717) is 4.57 Å². The minimum absolute atomic E-state index is 0.0617. The number of non-ortho nitro benzene ring substituents is 1. The van der Waals surface area contributed by atoms with E-state index in [1.165, 1.54) is 55.5 Å². The number of halogens is 3. The first kappa shape index (κ1) is 21.7. The fraction of sp³-hybridized carbons (Fsp3) is 0.211. The zero-order valence-electron chi connectivity index (χ0n) is 15.9. The predicted octanol–water partition coefficient (Wildman–Crippen LogP) is 3.53. The van der Waals surface area contributed by atoms with Crippen LogP contribution in [0.25, 0.3) is 11.0 Å². The number of amides is 1. The molecule has 1 atom stereocenters. The minimum Gasteiger partial charge on any atom is -0.451 e. The van der Waals surface area contributed by atoms with Crippen molar-refractivity contribution >= 4 is 34.3 Å². The molecule has 31 heavy (non-hydrogen) atoms. The molecule has 1 N–H and O–H groups in total. The maximum atomic E-state index is 13.3. The van der Waals surface area contributed by atoms with Gasteiger partial charge in [-0.15, -0.1) is 0 Å². The van der Waals surface area contributed by atoms with E-state index in [-0.39, 0.29) is 22.4 Å². The van der Waals surface area contributed by atoms with E-state index in [1.54, 1.807) is 0 Å². The maximum absolute atomic E-state index is 13.3. The number of nitro groups is 1. The Bertz CT molecular complexity index is 1140. The molecule has 0 saturated heterocycles. The lowest BCUT2D eigenvalue weighted by Crippen LogP contribution is -2.31. The first-order valence-corrected chi connectivity index (χ1v) is 8.83. The third-order valence-corrected chi connectivity index (χ3v) is 4.22. The number of carbonyl (C=O) groups excluding carboxylic acids is 2. The van der Waals surface area contributed by atoms with Gasteiger partial charge in [0.25, 0.3) is 11.6 Å². The molecule has 9 nitrogen and oxygen atoms in total. The van der Waals surface area contributed by atoms with Crippen LogP contribution in [0.1, 0.15) is 12.7 Å². The highest BCUT2D eigenvalue weighted by Crippen LogP contribution is 2.31. The average Bonchev–Trinajstić information content (AvgIpc) is 3.07. The summed E-state index contributed by atoms with van der Waals surface area (Å²) in [5.41, 5.74) is 0.199. The molecule has 0 fully saturated rings. The normalized spacial score (nSPS) is 12.4. The third-order valence-electron chi connectivity index (χ3n) is 4.22. The van der Waals surface area contributed by atoms with Crippen LogP contribution in [0, 0.1) is 10.1 Å². The van der Waals surface area contributed by atoms with Crippen molar-refractivity contribution in [3.05, 3.63) is 64.5 Å². The molecule has 0 saturated carbocycles. The molecule has 0 bridgehead atoms. The van der Waals surface area contributed by atoms with Crippen LogP contribution in [-0.4, -0.2) is 32.5 Å². The van der Waals surface area contributed by atoms with E-state index >= 15 is 0 Å². The van der Waals surface area contributed by atoms with E-state index in [4.69, 9.17) is 4.74 Å². The van der Waals surface area contributed by atoms with Crippen molar-refractivity contribution in [3.63, 3.8) is 0 Å². The van der Waals surface area contributed by atoms with Crippen LogP contribution in [0.15, 0.2) is 48.5 Å². The van der Waals surface area contributed by atoms with Crippen LogP contribution in [0.4, 0.5) is 24.5 Å². The van der Waals surface area contributed by atoms with Crippen LogP contribution >= 0.6 is 0 Å². The Balaban J connectivity index is 1.69. The van der Waals surface area contributed by atoms with Gasteiger partial charge in [-0.1, -0.05) is 12.1 Å². The summed E-state index contributed by atoms with van der Waals surface area (Å²) in [7, 11) is 0. The van der Waals surface area contributed by atoms with Gasteiger partial charge in [0.1, 0.15) is 6.54 Å². The molecule has 0 spiro atoms. The van der Waals surface area contributed by atoms with Gasteiger partial charge < -0.3 is 14.6 Å². The zero-order valence-corrected chi connectivity index (χ0v) is 15.9. The summed E-state index contributed by atoms with van der Waals surface area (Å²) in [6.07, 6.45) is -6.12. The number of para-hydroxylation sites is 2. The monoisotopic (exact) mass is 436 g/mol. The zero-order chi connectivity index (χ0) is 22.8. The van der Waals surface area contributed by atoms with Crippen LogP contribution in [0.5, 0.6) is 0 Å². The smallest absolute Gasteiger partial charge is 0.449 e. The lowest BCUT2D eigenvalue weighted by Gasteiger charge is -2.15. The van der Waals surface area contributed by atoms with E-state index < -0.39 is 41.4 Å². The number of esters is 1. The van der Waals surface area contributed by atoms with Gasteiger partial charge in [0, 0.05) is 17.8 Å². The Kier molecular flexibility index (Phi) is 5.90. The van der Waals surface area contributed by atoms with Gasteiger partial charge in [0.05, 0.1) is 16.0 Å². The summed E-state index contributed by atoms with van der Waals surface area (Å²) < 4.78 is 45.6. The molecule has 162 valence electrons. The second kappa shape index (κ2) is 8.42. The number of nitrogens with one attached hydrogen (secondary N) is 1. The molecule has 12 heteroatoms. The largest absolute Gasteiger partial charge is 0.451 e. The number of benzene rings is 2. The number of imidazole rings is 1. The van der Waals surface area contributed by atoms with Gasteiger partial charge in [0.15, 0.2) is 6.10 Å². The Labute approximate surface area is 172 Å². The first-order chi connectivity index (χ1) is 14.6. The molecule has 3 aromatic rings. The summed E-state index contributed by atoms with van der Waals surface area (Å²) in [5, 5.41) is 13.0. The molecule has 3 rings (SSSR count). The summed E-state index contributed by atoms with van der Waals surface area (Å²) in [6, 6.07) is 10.7. The Hall–Kier alpha value is -3.96.